The van der Waals surface area contributed by atoms with Gasteiger partial charge in [-0.2, -0.15) is 0 Å². The van der Waals surface area contributed by atoms with Crippen LogP contribution in [0.15, 0.2) is 54.6 Å². The second-order valence-corrected chi connectivity index (χ2v) is 10.5. The van der Waals surface area contributed by atoms with Gasteiger partial charge in [-0.05, 0) is 55.7 Å². The standard InChI is InChI=1S/C27H35N3O6S/c1-5-35-25(31)15-20(19-12-21(28)26(29)23(14-19)34-4)18-10-9-17(2)22(13-18)30-16-36-24-8-6-7-11-27(24,3)37(32)33/h6-14,20,24,30,37H,5,15-16,28-29H2,1-4H3. The summed E-state index contributed by atoms with van der Waals surface area (Å²) >= 11 is 0. The van der Waals surface area contributed by atoms with Crippen molar-refractivity contribution in [2.75, 3.05) is 37.2 Å². The third-order valence-corrected chi connectivity index (χ3v) is 7.67. The number of ether oxygens (including phenoxy) is 3. The van der Waals surface area contributed by atoms with Crippen molar-refractivity contribution in [3.63, 3.8) is 0 Å². The normalized spacial score (nSPS) is 19.5. The van der Waals surface area contributed by atoms with E-state index in [9.17, 15) is 13.2 Å². The average molecular weight is 530 g/mol. The molecule has 2 aromatic carbocycles. The Hall–Kier alpha value is -3.50. The van der Waals surface area contributed by atoms with Crippen LogP contribution in [0.25, 0.3) is 0 Å². The van der Waals surface area contributed by atoms with E-state index >= 15 is 0 Å². The summed E-state index contributed by atoms with van der Waals surface area (Å²) in [4.78, 5) is 12.5. The van der Waals surface area contributed by atoms with E-state index in [1.54, 1.807) is 50.3 Å². The Labute approximate surface area is 219 Å². The fraction of sp³-hybridized carbons (Fsp3) is 0.370. The summed E-state index contributed by atoms with van der Waals surface area (Å²) in [6, 6.07) is 9.34. The highest BCUT2D eigenvalue weighted by Crippen LogP contribution is 2.38. The molecule has 5 N–H and O–H groups in total. The molecule has 3 rings (SSSR count). The van der Waals surface area contributed by atoms with Gasteiger partial charge < -0.3 is 31.0 Å². The predicted octanol–water partition coefficient (Wildman–Crippen LogP) is 3.50. The lowest BCUT2D eigenvalue weighted by atomic mass is 9.87. The molecule has 3 unspecified atom stereocenters. The number of nitrogens with two attached hydrogens (primary N) is 2. The van der Waals surface area contributed by atoms with Gasteiger partial charge in [0.05, 0.1) is 31.5 Å². The maximum Gasteiger partial charge on any atom is 0.306 e. The molecule has 200 valence electrons. The molecule has 0 heterocycles. The van der Waals surface area contributed by atoms with Crippen molar-refractivity contribution >= 4 is 33.7 Å². The molecule has 2 aromatic rings. The van der Waals surface area contributed by atoms with Gasteiger partial charge in [-0.1, -0.05) is 36.4 Å². The van der Waals surface area contributed by atoms with Gasteiger partial charge in [0.2, 0.25) is 0 Å². The summed E-state index contributed by atoms with van der Waals surface area (Å²) in [5.74, 6) is -0.294. The van der Waals surface area contributed by atoms with Crippen LogP contribution in [0, 0.1) is 6.92 Å². The van der Waals surface area contributed by atoms with E-state index in [4.69, 9.17) is 25.7 Å². The third-order valence-electron chi connectivity index (χ3n) is 6.48. The van der Waals surface area contributed by atoms with Crippen LogP contribution >= 0.6 is 0 Å². The first-order valence-corrected chi connectivity index (χ1v) is 13.1. The minimum Gasteiger partial charge on any atom is -0.495 e. The summed E-state index contributed by atoms with van der Waals surface area (Å²) in [6.07, 6.45) is 6.29. The number of carbonyl (C=O) groups excluding carboxylic acids is 1. The van der Waals surface area contributed by atoms with Crippen molar-refractivity contribution < 1.29 is 27.4 Å². The van der Waals surface area contributed by atoms with Crippen LogP contribution in [0.2, 0.25) is 0 Å². The van der Waals surface area contributed by atoms with Crippen LogP contribution in [-0.2, 0) is 25.0 Å². The van der Waals surface area contributed by atoms with E-state index in [1.807, 2.05) is 25.1 Å². The Morgan fingerprint density at radius 1 is 1.16 bits per heavy atom. The molecule has 0 fully saturated rings. The molecule has 0 radical (unpaired) electrons. The number of methoxy groups -OCH3 is 1. The minimum atomic E-state index is -2.74. The first-order chi connectivity index (χ1) is 17.6. The first kappa shape index (κ1) is 28.1. The van der Waals surface area contributed by atoms with Gasteiger partial charge in [0, 0.05) is 11.6 Å². The number of rotatable bonds is 11. The number of esters is 1. The molecular formula is C27H35N3O6S. The predicted molar refractivity (Wildman–Crippen MR) is 146 cm³/mol. The molecule has 0 saturated carbocycles. The summed E-state index contributed by atoms with van der Waals surface area (Å²) in [6.45, 7) is 5.68. The summed E-state index contributed by atoms with van der Waals surface area (Å²) in [5, 5.41) is 3.24. The lowest BCUT2D eigenvalue weighted by Crippen LogP contribution is -2.41. The Balaban J connectivity index is 1.88. The van der Waals surface area contributed by atoms with Gasteiger partial charge in [0.1, 0.15) is 23.3 Å². The van der Waals surface area contributed by atoms with Crippen molar-refractivity contribution in [1.29, 1.82) is 0 Å². The van der Waals surface area contributed by atoms with E-state index in [0.717, 1.165) is 22.4 Å². The Kier molecular flexibility index (Phi) is 9.23. The lowest BCUT2D eigenvalue weighted by Gasteiger charge is -2.30. The van der Waals surface area contributed by atoms with E-state index in [0.29, 0.717) is 17.1 Å². The second-order valence-electron chi connectivity index (χ2n) is 9.00. The largest absolute Gasteiger partial charge is 0.495 e. The van der Waals surface area contributed by atoms with Gasteiger partial charge in [0.25, 0.3) is 0 Å². The zero-order valence-corrected chi connectivity index (χ0v) is 22.4. The zero-order chi connectivity index (χ0) is 27.2. The van der Waals surface area contributed by atoms with Crippen LogP contribution in [0.3, 0.4) is 0 Å². The molecule has 3 atom stereocenters. The molecule has 0 aromatic heterocycles. The van der Waals surface area contributed by atoms with E-state index in [-0.39, 0.29) is 31.6 Å². The van der Waals surface area contributed by atoms with Crippen molar-refractivity contribution in [2.24, 2.45) is 0 Å². The molecule has 1 aliphatic rings. The fourth-order valence-corrected chi connectivity index (χ4v) is 4.78. The number of hydrogen-bond acceptors (Lipinski definition) is 9. The summed E-state index contributed by atoms with van der Waals surface area (Å²) in [5.41, 5.74) is 16.2. The Morgan fingerprint density at radius 2 is 1.92 bits per heavy atom. The fourth-order valence-electron chi connectivity index (χ4n) is 4.21. The van der Waals surface area contributed by atoms with E-state index < -0.39 is 21.6 Å². The van der Waals surface area contributed by atoms with Gasteiger partial charge in [0.15, 0.2) is 10.7 Å². The van der Waals surface area contributed by atoms with Gasteiger partial charge in [-0.25, -0.2) is 8.42 Å². The molecule has 10 heteroatoms. The number of nitrogen functional groups attached to an aromatic ring is 2. The molecule has 0 aliphatic heterocycles. The molecule has 0 bridgehead atoms. The quantitative estimate of drug-likeness (QED) is 0.149. The summed E-state index contributed by atoms with van der Waals surface area (Å²) in [7, 11) is -1.23. The zero-order valence-electron chi connectivity index (χ0n) is 21.5. The number of benzene rings is 2. The van der Waals surface area contributed by atoms with Crippen LogP contribution in [-0.4, -0.2) is 45.7 Å². The highest BCUT2D eigenvalue weighted by atomic mass is 32.2. The maximum absolute atomic E-state index is 12.5. The number of carbonyl (C=O) groups is 1. The van der Waals surface area contributed by atoms with Gasteiger partial charge in [-0.3, -0.25) is 4.79 Å². The third kappa shape index (κ3) is 6.44. The summed E-state index contributed by atoms with van der Waals surface area (Å²) < 4.78 is 39.1. The molecule has 9 nitrogen and oxygen atoms in total. The van der Waals surface area contributed by atoms with Crippen LogP contribution in [0.4, 0.5) is 17.1 Å². The van der Waals surface area contributed by atoms with E-state index in [2.05, 4.69) is 5.32 Å². The molecule has 1 aliphatic carbocycles. The number of hydrogen-bond donors (Lipinski definition) is 4. The van der Waals surface area contributed by atoms with Crippen molar-refractivity contribution in [2.45, 2.75) is 44.0 Å². The number of allylic oxidation sites excluding steroid dienone is 2. The second kappa shape index (κ2) is 12.2. The van der Waals surface area contributed by atoms with E-state index in [1.165, 1.54) is 7.11 Å². The molecule has 0 spiro atoms. The van der Waals surface area contributed by atoms with Gasteiger partial charge >= 0.3 is 5.97 Å². The highest BCUT2D eigenvalue weighted by Gasteiger charge is 2.36. The van der Waals surface area contributed by atoms with Crippen LogP contribution < -0.4 is 21.5 Å². The van der Waals surface area contributed by atoms with Crippen molar-refractivity contribution in [3.8, 4) is 5.75 Å². The number of aryl methyl sites for hydroxylation is 1. The van der Waals surface area contributed by atoms with Crippen molar-refractivity contribution in [3.05, 3.63) is 71.3 Å². The number of thiol groups is 1. The van der Waals surface area contributed by atoms with Gasteiger partial charge in [-0.15, -0.1) is 0 Å². The number of nitrogens with one attached hydrogen (secondary N) is 1. The smallest absolute Gasteiger partial charge is 0.306 e. The molecule has 0 saturated heterocycles. The van der Waals surface area contributed by atoms with Crippen LogP contribution in [0.1, 0.15) is 42.9 Å². The monoisotopic (exact) mass is 529 g/mol. The molecule has 0 amide bonds. The molecular weight excluding hydrogens is 494 g/mol. The first-order valence-electron chi connectivity index (χ1n) is 12.0. The van der Waals surface area contributed by atoms with Crippen molar-refractivity contribution in [1.82, 2.24) is 0 Å². The highest BCUT2D eigenvalue weighted by molar-refractivity contribution is 7.74. The Morgan fingerprint density at radius 3 is 2.59 bits per heavy atom. The average Bonchev–Trinajstić information content (AvgIpc) is 2.86. The van der Waals surface area contributed by atoms with Crippen LogP contribution in [0.5, 0.6) is 5.75 Å². The Bertz CT molecular complexity index is 1270. The SMILES string of the molecule is CCOC(=O)CC(c1ccc(C)c(NCOC2C=CC=CC2(C)[SH](=O)=O)c1)c1cc(N)c(N)c(OC)c1. The maximum atomic E-state index is 12.5. The number of anilines is 3. The minimum absolute atomic E-state index is 0.0804. The lowest BCUT2D eigenvalue weighted by molar-refractivity contribution is -0.143. The molecule has 37 heavy (non-hydrogen) atoms. The topological polar surface area (TPSA) is 143 Å².